The summed E-state index contributed by atoms with van der Waals surface area (Å²) in [5.41, 5.74) is 6.75. The Morgan fingerprint density at radius 3 is 1.49 bits per heavy atom. The molecule has 0 aliphatic heterocycles. The zero-order valence-electron chi connectivity index (χ0n) is 29.3. The number of hydrogen-bond acceptors (Lipinski definition) is 4. The molecule has 0 bridgehead atoms. The molecule has 0 saturated carbocycles. The van der Waals surface area contributed by atoms with E-state index in [2.05, 4.69) is 43.7 Å². The van der Waals surface area contributed by atoms with Crippen molar-refractivity contribution >= 4 is 71.4 Å². The summed E-state index contributed by atoms with van der Waals surface area (Å²) in [7, 11) is 0. The van der Waals surface area contributed by atoms with Crippen molar-refractivity contribution in [1.82, 2.24) is 19.9 Å². The fourth-order valence-corrected chi connectivity index (χ4v) is 7.29. The van der Waals surface area contributed by atoms with E-state index in [1.165, 1.54) is 88.1 Å². The highest BCUT2D eigenvalue weighted by Gasteiger charge is 2.25. The maximum Gasteiger partial charge on any atom is 0.271 e. The average Bonchev–Trinajstić information content (AvgIpc) is 3.70. The number of nitro groups is 1. The lowest BCUT2D eigenvalue weighted by Gasteiger charge is -2.39. The fourth-order valence-electron chi connectivity index (χ4n) is 7.29. The number of nitrogens with one attached hydrogen (secondary N) is 2. The molecule has 49 heavy (non-hydrogen) atoms. The Labute approximate surface area is 294 Å². The van der Waals surface area contributed by atoms with Crippen molar-refractivity contribution in [2.24, 2.45) is 0 Å². The van der Waals surface area contributed by atoms with E-state index >= 15 is 0 Å². The summed E-state index contributed by atoms with van der Waals surface area (Å²) in [6.07, 6.45) is 11.1. The van der Waals surface area contributed by atoms with Crippen LogP contribution in [0.5, 0.6) is 0 Å². The smallest absolute Gasteiger partial charge is 0.271 e. The highest BCUT2D eigenvalue weighted by atomic mass is 35.5. The molecular formula is C40H49ClN6O2. The van der Waals surface area contributed by atoms with Gasteiger partial charge in [-0.05, 0) is 43.9 Å². The average molecular weight is 681 g/mol. The van der Waals surface area contributed by atoms with Crippen LogP contribution < -0.4 is 12.4 Å². The molecule has 0 aliphatic carbocycles. The summed E-state index contributed by atoms with van der Waals surface area (Å²) in [5.74, 6) is 0. The summed E-state index contributed by atoms with van der Waals surface area (Å²) in [4.78, 5) is 27.7. The minimum Gasteiger partial charge on any atom is -1.00 e. The Balaban J connectivity index is 0.000000226. The predicted molar refractivity (Wildman–Crippen MR) is 202 cm³/mol. The summed E-state index contributed by atoms with van der Waals surface area (Å²) in [6.45, 7) is 15.0. The van der Waals surface area contributed by atoms with Gasteiger partial charge in [0.25, 0.3) is 5.69 Å². The minimum absolute atomic E-state index is 0. The molecule has 9 heteroatoms. The Morgan fingerprint density at radius 1 is 0.633 bits per heavy atom. The highest BCUT2D eigenvalue weighted by molar-refractivity contribution is 6.34. The third kappa shape index (κ3) is 7.22. The molecule has 7 rings (SSSR count). The zero-order valence-corrected chi connectivity index (χ0v) is 30.1. The Morgan fingerprint density at radius 2 is 1.06 bits per heavy atom. The number of benzene rings is 4. The number of nitro benzene ring substituents is 1. The normalized spacial score (nSPS) is 11.8. The number of hydrogen-bond donors (Lipinski definition) is 2. The summed E-state index contributed by atoms with van der Waals surface area (Å²) in [5, 5.41) is 15.3. The van der Waals surface area contributed by atoms with Gasteiger partial charge in [0.15, 0.2) is 0 Å². The highest BCUT2D eigenvalue weighted by Crippen LogP contribution is 2.41. The topological polar surface area (TPSA) is 100 Å². The van der Waals surface area contributed by atoms with Crippen molar-refractivity contribution in [2.45, 2.75) is 79.1 Å². The number of aromatic amines is 2. The lowest BCUT2D eigenvalue weighted by molar-refractivity contribution is -0.929. The van der Waals surface area contributed by atoms with Gasteiger partial charge < -0.3 is 26.9 Å². The van der Waals surface area contributed by atoms with Crippen LogP contribution in [0.1, 0.15) is 79.1 Å². The van der Waals surface area contributed by atoms with Crippen molar-refractivity contribution in [2.75, 3.05) is 26.2 Å². The largest absolute Gasteiger partial charge is 1.00 e. The number of H-pyrrole nitrogens is 2. The number of unbranched alkanes of at least 4 members (excludes halogenated alkanes) is 4. The maximum absolute atomic E-state index is 11.3. The van der Waals surface area contributed by atoms with Crippen LogP contribution in [0.25, 0.3) is 65.7 Å². The molecule has 0 unspecified atom stereocenters. The molecule has 258 valence electrons. The minimum atomic E-state index is -0.385. The molecule has 3 aromatic heterocycles. The second kappa shape index (κ2) is 16.0. The van der Waals surface area contributed by atoms with Crippen LogP contribution >= 0.6 is 0 Å². The molecule has 0 radical (unpaired) electrons. The van der Waals surface area contributed by atoms with Crippen LogP contribution in [0.2, 0.25) is 0 Å². The van der Waals surface area contributed by atoms with E-state index in [0.717, 1.165) is 60.2 Å². The van der Waals surface area contributed by atoms with Gasteiger partial charge in [0.2, 0.25) is 0 Å². The molecule has 3 heterocycles. The first-order valence-corrected chi connectivity index (χ1v) is 18.0. The van der Waals surface area contributed by atoms with Gasteiger partial charge >= 0.3 is 0 Å². The zero-order chi connectivity index (χ0) is 33.7. The molecule has 7 aromatic rings. The number of nitrogens with zero attached hydrogens (tertiary/aromatic N) is 4. The van der Waals surface area contributed by atoms with Crippen LogP contribution in [0, 0.1) is 10.1 Å². The van der Waals surface area contributed by atoms with Gasteiger partial charge in [-0.1, -0.05) is 89.8 Å². The van der Waals surface area contributed by atoms with Crippen LogP contribution in [0.15, 0.2) is 66.7 Å². The molecule has 0 atom stereocenters. The Kier molecular flexibility index (Phi) is 11.7. The lowest BCUT2D eigenvalue weighted by atomic mass is 10.0. The van der Waals surface area contributed by atoms with Crippen molar-refractivity contribution < 1.29 is 21.8 Å². The first kappa shape index (κ1) is 36.0. The van der Waals surface area contributed by atoms with Crippen LogP contribution in [0.4, 0.5) is 5.69 Å². The fraction of sp³-hybridized carbons (Fsp3) is 0.400. The Bertz CT molecular complexity index is 2170. The van der Waals surface area contributed by atoms with Gasteiger partial charge in [0, 0.05) is 33.7 Å². The number of halogens is 1. The van der Waals surface area contributed by atoms with Gasteiger partial charge in [-0.15, -0.1) is 0 Å². The monoisotopic (exact) mass is 680 g/mol. The summed E-state index contributed by atoms with van der Waals surface area (Å²) >= 11 is 0. The van der Waals surface area contributed by atoms with Gasteiger partial charge in [-0.25, -0.2) is 9.97 Å². The SMILES string of the molecule is CCCC[N+](CCCC)(CCCC)CCCC.O=[N+]([O-])c1ccc2[nH]c3c([nH]c2c1)c1c2ccccc2nc1c1nc2ccccc2c13.[Cl-]. The van der Waals surface area contributed by atoms with Gasteiger partial charge in [0.1, 0.15) is 11.0 Å². The number of non-ortho nitro benzene ring substituents is 1. The first-order valence-electron chi connectivity index (χ1n) is 18.0. The van der Waals surface area contributed by atoms with E-state index in [1.807, 2.05) is 42.5 Å². The maximum atomic E-state index is 11.3. The molecule has 0 saturated heterocycles. The lowest BCUT2D eigenvalue weighted by Crippen LogP contribution is -3.00. The molecule has 0 aliphatic rings. The van der Waals surface area contributed by atoms with Gasteiger partial charge in [-0.3, -0.25) is 10.1 Å². The third-order valence-corrected chi connectivity index (χ3v) is 9.94. The van der Waals surface area contributed by atoms with Crippen molar-refractivity contribution in [3.8, 4) is 0 Å². The molecule has 2 N–H and O–H groups in total. The molecule has 0 spiro atoms. The molecule has 8 nitrogen and oxygen atoms in total. The van der Waals surface area contributed by atoms with Crippen LogP contribution in [-0.4, -0.2) is 55.5 Å². The third-order valence-electron chi connectivity index (χ3n) is 9.94. The van der Waals surface area contributed by atoms with E-state index in [4.69, 9.17) is 9.97 Å². The second-order valence-corrected chi connectivity index (χ2v) is 13.3. The van der Waals surface area contributed by atoms with Crippen LogP contribution in [0.3, 0.4) is 0 Å². The van der Waals surface area contributed by atoms with Gasteiger partial charge in [-0.2, -0.15) is 0 Å². The van der Waals surface area contributed by atoms with Crippen molar-refractivity contribution in [3.05, 3.63) is 76.8 Å². The quantitative estimate of drug-likeness (QED) is 0.0558. The number of para-hydroxylation sites is 2. The van der Waals surface area contributed by atoms with Crippen molar-refractivity contribution in [1.29, 1.82) is 0 Å². The standard InChI is InChI=1S/C24H13N5O2.C16H36N.ClH/c30-29(31)12-9-10-17-18(11-12)28-24-20-14-6-2-4-8-16(14)26-22(20)21-19(23(24)27-17)13-5-1-3-7-15(13)25-21;1-5-9-13-17(14-10-6-2,15-11-7-3)16-12-8-4;/h1-11,27-28H;5-16H2,1-4H3;1H/q;+1;/p-1. The van der Waals surface area contributed by atoms with Crippen LogP contribution in [-0.2, 0) is 0 Å². The predicted octanol–water partition coefficient (Wildman–Crippen LogP) is 7.97. The van der Waals surface area contributed by atoms with E-state index in [1.54, 1.807) is 12.1 Å². The van der Waals surface area contributed by atoms with E-state index in [9.17, 15) is 10.1 Å². The van der Waals surface area contributed by atoms with Crippen molar-refractivity contribution in [3.63, 3.8) is 0 Å². The molecular weight excluding hydrogens is 632 g/mol. The van der Waals surface area contributed by atoms with E-state index in [-0.39, 0.29) is 23.0 Å². The second-order valence-electron chi connectivity index (χ2n) is 13.3. The number of quaternary nitrogens is 1. The van der Waals surface area contributed by atoms with E-state index < -0.39 is 0 Å². The Hall–Kier alpha value is -4.27. The molecule has 0 fully saturated rings. The number of fused-ring (bicyclic) bond motifs is 11. The molecule has 0 amide bonds. The number of aromatic nitrogens is 4. The number of rotatable bonds is 13. The van der Waals surface area contributed by atoms with Gasteiger partial charge in [0.05, 0.1) is 64.2 Å². The molecule has 4 aromatic carbocycles. The van der Waals surface area contributed by atoms with E-state index in [0.29, 0.717) is 5.52 Å². The first-order chi connectivity index (χ1) is 23.4. The summed E-state index contributed by atoms with van der Waals surface area (Å²) < 4.78 is 1.42. The summed E-state index contributed by atoms with van der Waals surface area (Å²) in [6, 6.07) is 20.8.